The fourth-order valence-corrected chi connectivity index (χ4v) is 3.27. The van der Waals surface area contributed by atoms with Crippen LogP contribution in [-0.2, 0) is 0 Å². The number of hydrogen-bond donors (Lipinski definition) is 1. The van der Waals surface area contributed by atoms with Crippen molar-refractivity contribution in [3.05, 3.63) is 70.4 Å². The quantitative estimate of drug-likeness (QED) is 0.506. The smallest absolute Gasteiger partial charge is 0.270 e. The van der Waals surface area contributed by atoms with Crippen molar-refractivity contribution in [3.63, 3.8) is 0 Å². The number of para-hydroxylation sites is 1. The summed E-state index contributed by atoms with van der Waals surface area (Å²) in [4.78, 5) is 28.9. The molecular formula is C20H21N3O3. The Bertz CT molecular complexity index is 944. The van der Waals surface area contributed by atoms with Crippen molar-refractivity contribution in [1.82, 2.24) is 4.98 Å². The van der Waals surface area contributed by atoms with Crippen LogP contribution in [0.1, 0.15) is 37.0 Å². The first kappa shape index (κ1) is 17.7. The summed E-state index contributed by atoms with van der Waals surface area (Å²) in [6.07, 6.45) is 3.41. The molecule has 0 unspecified atom stereocenters. The van der Waals surface area contributed by atoms with Crippen LogP contribution in [0.25, 0.3) is 10.9 Å². The monoisotopic (exact) mass is 351 g/mol. The van der Waals surface area contributed by atoms with Crippen LogP contribution >= 0.6 is 0 Å². The number of fused-ring (bicyclic) bond motifs is 1. The van der Waals surface area contributed by atoms with Crippen molar-refractivity contribution in [2.24, 2.45) is 0 Å². The van der Waals surface area contributed by atoms with Gasteiger partial charge in [0.25, 0.3) is 11.6 Å². The van der Waals surface area contributed by atoms with E-state index in [-0.39, 0.29) is 17.6 Å². The molecule has 1 aromatic heterocycles. The Hall–Kier alpha value is -3.15. The van der Waals surface area contributed by atoms with Crippen LogP contribution in [0, 0.1) is 10.1 Å². The molecule has 0 atom stereocenters. The Morgan fingerprint density at radius 2 is 1.88 bits per heavy atom. The average molecular weight is 351 g/mol. The molecule has 0 aliphatic carbocycles. The Morgan fingerprint density at radius 1 is 1.15 bits per heavy atom. The van der Waals surface area contributed by atoms with Crippen LogP contribution in [-0.4, -0.2) is 21.9 Å². The minimum absolute atomic E-state index is 0.000897. The van der Waals surface area contributed by atoms with E-state index in [1.807, 2.05) is 44.3 Å². The number of nitrogens with one attached hydrogen (secondary N) is 1. The van der Waals surface area contributed by atoms with Gasteiger partial charge in [-0.25, -0.2) is 0 Å². The molecule has 3 rings (SSSR count). The third-order valence-corrected chi connectivity index (χ3v) is 4.66. The van der Waals surface area contributed by atoms with Crippen LogP contribution in [0.3, 0.4) is 0 Å². The van der Waals surface area contributed by atoms with E-state index in [0.717, 1.165) is 29.4 Å². The van der Waals surface area contributed by atoms with Gasteiger partial charge in [0.15, 0.2) is 0 Å². The number of hydrogen-bond acceptors (Lipinski definition) is 3. The van der Waals surface area contributed by atoms with Gasteiger partial charge in [-0.05, 0) is 25.0 Å². The number of anilines is 1. The number of carbonyl (C=O) groups excluding carboxylic acids is 1. The van der Waals surface area contributed by atoms with Crippen LogP contribution in [0.2, 0.25) is 0 Å². The zero-order valence-electron chi connectivity index (χ0n) is 14.8. The van der Waals surface area contributed by atoms with Crippen LogP contribution < -0.4 is 4.90 Å². The standard InChI is InChI=1S/C20H21N3O3/c1-3-15(4-2)22(19-13-21-18-11-6-5-10-17(18)19)20(24)14-8-7-9-16(12-14)23(25)26/h5-13,15,21H,3-4H2,1-2H3. The number of rotatable bonds is 6. The number of nitro groups is 1. The largest absolute Gasteiger partial charge is 0.359 e. The molecule has 6 nitrogen and oxygen atoms in total. The topological polar surface area (TPSA) is 79.2 Å². The maximum atomic E-state index is 13.3. The van der Waals surface area contributed by atoms with Crippen LogP contribution in [0.5, 0.6) is 0 Å². The van der Waals surface area contributed by atoms with E-state index < -0.39 is 4.92 Å². The van der Waals surface area contributed by atoms with Crippen molar-refractivity contribution in [2.45, 2.75) is 32.7 Å². The normalized spacial score (nSPS) is 11.0. The zero-order valence-corrected chi connectivity index (χ0v) is 14.8. The van der Waals surface area contributed by atoms with E-state index in [0.29, 0.717) is 5.56 Å². The Labute approximate surface area is 151 Å². The van der Waals surface area contributed by atoms with E-state index in [2.05, 4.69) is 4.98 Å². The average Bonchev–Trinajstić information content (AvgIpc) is 3.09. The van der Waals surface area contributed by atoms with E-state index in [1.54, 1.807) is 17.0 Å². The molecule has 2 aromatic carbocycles. The summed E-state index contributed by atoms with van der Waals surface area (Å²) in [7, 11) is 0. The SMILES string of the molecule is CCC(CC)N(C(=O)c1cccc([N+](=O)[O-])c1)c1c[nH]c2ccccc12. The molecule has 0 aliphatic heterocycles. The van der Waals surface area contributed by atoms with Gasteiger partial charge in [-0.2, -0.15) is 0 Å². The van der Waals surface area contributed by atoms with Gasteiger partial charge >= 0.3 is 0 Å². The number of amides is 1. The Morgan fingerprint density at radius 3 is 2.58 bits per heavy atom. The van der Waals surface area contributed by atoms with Gasteiger partial charge < -0.3 is 9.88 Å². The fourth-order valence-electron chi connectivity index (χ4n) is 3.27. The molecule has 0 spiro atoms. The highest BCUT2D eigenvalue weighted by Gasteiger charge is 2.27. The predicted octanol–water partition coefficient (Wildman–Crippen LogP) is 4.91. The molecule has 0 saturated heterocycles. The molecule has 3 aromatic rings. The second kappa shape index (κ2) is 7.39. The Kier molecular flexibility index (Phi) is 5.02. The first-order valence-electron chi connectivity index (χ1n) is 8.71. The fraction of sp³-hybridized carbons (Fsp3) is 0.250. The lowest BCUT2D eigenvalue weighted by Crippen LogP contribution is -2.39. The lowest BCUT2D eigenvalue weighted by atomic mass is 10.1. The molecule has 1 heterocycles. The van der Waals surface area contributed by atoms with Crippen molar-refractivity contribution >= 4 is 28.2 Å². The van der Waals surface area contributed by atoms with Crippen molar-refractivity contribution in [3.8, 4) is 0 Å². The molecule has 1 N–H and O–H groups in total. The van der Waals surface area contributed by atoms with E-state index in [9.17, 15) is 14.9 Å². The highest BCUT2D eigenvalue weighted by Crippen LogP contribution is 2.31. The van der Waals surface area contributed by atoms with Crippen molar-refractivity contribution in [1.29, 1.82) is 0 Å². The van der Waals surface area contributed by atoms with Gasteiger partial charge in [-0.15, -0.1) is 0 Å². The summed E-state index contributed by atoms with van der Waals surface area (Å²) in [6, 6.07) is 13.7. The number of carbonyl (C=O) groups is 1. The zero-order chi connectivity index (χ0) is 18.7. The van der Waals surface area contributed by atoms with Gasteiger partial charge in [0, 0.05) is 40.8 Å². The number of aromatic nitrogens is 1. The van der Waals surface area contributed by atoms with E-state index in [4.69, 9.17) is 0 Å². The van der Waals surface area contributed by atoms with Crippen LogP contribution in [0.15, 0.2) is 54.7 Å². The minimum Gasteiger partial charge on any atom is -0.359 e. The van der Waals surface area contributed by atoms with E-state index in [1.165, 1.54) is 12.1 Å². The third kappa shape index (κ3) is 3.18. The highest BCUT2D eigenvalue weighted by molar-refractivity contribution is 6.11. The molecule has 6 heteroatoms. The van der Waals surface area contributed by atoms with Gasteiger partial charge in [-0.1, -0.05) is 38.1 Å². The number of aromatic amines is 1. The maximum absolute atomic E-state index is 13.3. The second-order valence-corrected chi connectivity index (χ2v) is 6.17. The van der Waals surface area contributed by atoms with Gasteiger partial charge in [-0.3, -0.25) is 14.9 Å². The molecule has 0 bridgehead atoms. The number of nitro benzene ring substituents is 1. The predicted molar refractivity (Wildman–Crippen MR) is 103 cm³/mol. The van der Waals surface area contributed by atoms with Crippen molar-refractivity contribution < 1.29 is 9.72 Å². The summed E-state index contributed by atoms with van der Waals surface area (Å²) in [5, 5.41) is 12.0. The first-order valence-corrected chi connectivity index (χ1v) is 8.71. The summed E-state index contributed by atoms with van der Waals surface area (Å²) in [5.74, 6) is -0.229. The number of benzene rings is 2. The molecule has 0 fully saturated rings. The molecule has 0 saturated carbocycles. The van der Waals surface area contributed by atoms with E-state index >= 15 is 0 Å². The van der Waals surface area contributed by atoms with Gasteiger partial charge in [0.05, 0.1) is 10.6 Å². The lowest BCUT2D eigenvalue weighted by Gasteiger charge is -2.30. The summed E-state index contributed by atoms with van der Waals surface area (Å²) >= 11 is 0. The number of H-pyrrole nitrogens is 1. The highest BCUT2D eigenvalue weighted by atomic mass is 16.6. The maximum Gasteiger partial charge on any atom is 0.270 e. The lowest BCUT2D eigenvalue weighted by molar-refractivity contribution is -0.384. The number of non-ortho nitro benzene ring substituents is 1. The third-order valence-electron chi connectivity index (χ3n) is 4.66. The van der Waals surface area contributed by atoms with Gasteiger partial charge in [0.2, 0.25) is 0 Å². The summed E-state index contributed by atoms with van der Waals surface area (Å²) < 4.78 is 0. The van der Waals surface area contributed by atoms with Crippen molar-refractivity contribution in [2.75, 3.05) is 4.90 Å². The molecule has 134 valence electrons. The van der Waals surface area contributed by atoms with Crippen LogP contribution in [0.4, 0.5) is 11.4 Å². The summed E-state index contributed by atoms with van der Waals surface area (Å²) in [6.45, 7) is 4.08. The minimum atomic E-state index is -0.482. The molecular weight excluding hydrogens is 330 g/mol. The molecule has 0 radical (unpaired) electrons. The number of nitrogens with zero attached hydrogens (tertiary/aromatic N) is 2. The molecule has 26 heavy (non-hydrogen) atoms. The first-order chi connectivity index (χ1) is 12.6. The Balaban J connectivity index is 2.11. The molecule has 1 amide bonds. The summed E-state index contributed by atoms with van der Waals surface area (Å²) in [5.41, 5.74) is 1.98. The van der Waals surface area contributed by atoms with Gasteiger partial charge in [0.1, 0.15) is 0 Å². The second-order valence-electron chi connectivity index (χ2n) is 6.17. The molecule has 0 aliphatic rings.